The van der Waals surface area contributed by atoms with Crippen LogP contribution in [0.15, 0.2) is 48.5 Å². The average Bonchev–Trinajstić information content (AvgIpc) is 2.68. The van der Waals surface area contributed by atoms with E-state index in [0.717, 1.165) is 0 Å². The molecular weight excluding hydrogens is 397 g/mol. The van der Waals surface area contributed by atoms with Crippen molar-refractivity contribution in [2.75, 3.05) is 0 Å². The quantitative estimate of drug-likeness (QED) is 0.418. The summed E-state index contributed by atoms with van der Waals surface area (Å²) in [6, 6.07) is 8.45. The summed E-state index contributed by atoms with van der Waals surface area (Å²) in [5, 5.41) is 24.9. The Balaban J connectivity index is 2.14. The number of hydrogen-bond acceptors (Lipinski definition) is 5. The number of non-ortho nitro benzene ring substituents is 1. The minimum Gasteiger partial charge on any atom is -0.480 e. The van der Waals surface area contributed by atoms with Gasteiger partial charge in [0.1, 0.15) is 17.9 Å². The fourth-order valence-electron chi connectivity index (χ4n) is 2.80. The van der Waals surface area contributed by atoms with Crippen molar-refractivity contribution in [1.82, 2.24) is 10.6 Å². The van der Waals surface area contributed by atoms with Gasteiger partial charge in [-0.25, -0.2) is 9.18 Å². The molecule has 0 radical (unpaired) electrons. The fourth-order valence-corrected chi connectivity index (χ4v) is 2.80. The zero-order valence-electron chi connectivity index (χ0n) is 16.0. The summed E-state index contributed by atoms with van der Waals surface area (Å²) < 4.78 is 13.9. The SMILES string of the molecule is CC(=O)N[C@H](Cc1ccccc1F)C(=O)N[C@@H](Cc1ccc([N+](=O)[O-])cc1)C(=O)O. The van der Waals surface area contributed by atoms with Crippen LogP contribution in [0, 0.1) is 15.9 Å². The number of rotatable bonds is 9. The number of hydrogen-bond donors (Lipinski definition) is 3. The van der Waals surface area contributed by atoms with Gasteiger partial charge in [-0.1, -0.05) is 30.3 Å². The standard InChI is InChI=1S/C20H20FN3O6/c1-12(25)22-17(11-14-4-2-3-5-16(14)21)19(26)23-18(20(27)28)10-13-6-8-15(9-7-13)24(29)30/h2-9,17-18H,10-11H2,1H3,(H,22,25)(H,23,26)(H,27,28)/t17-,18+/m1/s1. The molecule has 2 rings (SSSR count). The van der Waals surface area contributed by atoms with Crippen LogP contribution < -0.4 is 10.6 Å². The number of carbonyl (C=O) groups excluding carboxylic acids is 2. The first-order valence-corrected chi connectivity index (χ1v) is 8.94. The van der Waals surface area contributed by atoms with E-state index in [9.17, 15) is 34.0 Å². The maximum absolute atomic E-state index is 13.9. The predicted molar refractivity (Wildman–Crippen MR) is 104 cm³/mol. The Morgan fingerprint density at radius 3 is 2.20 bits per heavy atom. The Bertz CT molecular complexity index is 948. The molecule has 0 saturated carbocycles. The Labute approximate surface area is 171 Å². The molecule has 2 amide bonds. The largest absolute Gasteiger partial charge is 0.480 e. The smallest absolute Gasteiger partial charge is 0.326 e. The van der Waals surface area contributed by atoms with E-state index >= 15 is 0 Å². The molecule has 0 heterocycles. The van der Waals surface area contributed by atoms with Crippen LogP contribution in [-0.2, 0) is 27.2 Å². The van der Waals surface area contributed by atoms with Gasteiger partial charge in [0.2, 0.25) is 11.8 Å². The molecule has 2 atom stereocenters. The number of carboxylic acids is 1. The van der Waals surface area contributed by atoms with E-state index in [0.29, 0.717) is 5.56 Å². The zero-order valence-corrected chi connectivity index (χ0v) is 16.0. The average molecular weight is 417 g/mol. The topological polar surface area (TPSA) is 139 Å². The Hall–Kier alpha value is -3.82. The van der Waals surface area contributed by atoms with Crippen molar-refractivity contribution in [3.05, 3.63) is 75.6 Å². The highest BCUT2D eigenvalue weighted by molar-refractivity contribution is 5.90. The van der Waals surface area contributed by atoms with E-state index in [1.165, 1.54) is 49.4 Å². The van der Waals surface area contributed by atoms with E-state index in [1.807, 2.05) is 0 Å². The van der Waals surface area contributed by atoms with Gasteiger partial charge in [0.05, 0.1) is 4.92 Å². The van der Waals surface area contributed by atoms with Crippen LogP contribution in [0.4, 0.5) is 10.1 Å². The van der Waals surface area contributed by atoms with Crippen LogP contribution in [0.1, 0.15) is 18.1 Å². The molecule has 10 heteroatoms. The maximum atomic E-state index is 13.9. The van der Waals surface area contributed by atoms with Crippen molar-refractivity contribution in [3.63, 3.8) is 0 Å². The van der Waals surface area contributed by atoms with Gasteiger partial charge >= 0.3 is 5.97 Å². The second-order valence-electron chi connectivity index (χ2n) is 6.58. The molecule has 2 aromatic carbocycles. The van der Waals surface area contributed by atoms with Gasteiger partial charge in [-0.2, -0.15) is 0 Å². The second-order valence-corrected chi connectivity index (χ2v) is 6.58. The molecule has 30 heavy (non-hydrogen) atoms. The lowest BCUT2D eigenvalue weighted by Crippen LogP contribution is -2.52. The Morgan fingerprint density at radius 1 is 1.03 bits per heavy atom. The van der Waals surface area contributed by atoms with Gasteiger partial charge in [-0.05, 0) is 17.2 Å². The summed E-state index contributed by atoms with van der Waals surface area (Å²) in [6.45, 7) is 1.19. The first kappa shape index (κ1) is 22.5. The van der Waals surface area contributed by atoms with Gasteiger partial charge < -0.3 is 15.7 Å². The normalized spacial score (nSPS) is 12.5. The number of carbonyl (C=O) groups is 3. The molecule has 3 N–H and O–H groups in total. The summed E-state index contributed by atoms with van der Waals surface area (Å²) >= 11 is 0. The number of halogens is 1. The third-order valence-electron chi connectivity index (χ3n) is 4.28. The van der Waals surface area contributed by atoms with Gasteiger partial charge in [0.25, 0.3) is 5.69 Å². The maximum Gasteiger partial charge on any atom is 0.326 e. The molecule has 2 aromatic rings. The Kier molecular flexibility index (Phi) is 7.56. The van der Waals surface area contributed by atoms with Crippen LogP contribution in [0.3, 0.4) is 0 Å². The predicted octanol–water partition coefficient (Wildman–Crippen LogP) is 1.59. The molecule has 0 fully saturated rings. The van der Waals surface area contributed by atoms with Crippen molar-refractivity contribution in [2.24, 2.45) is 0 Å². The van der Waals surface area contributed by atoms with Crippen molar-refractivity contribution in [2.45, 2.75) is 31.8 Å². The van der Waals surface area contributed by atoms with Crippen molar-refractivity contribution < 1.29 is 28.8 Å². The lowest BCUT2D eigenvalue weighted by Gasteiger charge is -2.21. The van der Waals surface area contributed by atoms with Crippen LogP contribution in [-0.4, -0.2) is 39.9 Å². The molecule has 0 unspecified atom stereocenters. The van der Waals surface area contributed by atoms with E-state index in [-0.39, 0.29) is 24.1 Å². The number of amides is 2. The molecular formula is C20H20FN3O6. The zero-order chi connectivity index (χ0) is 22.3. The van der Waals surface area contributed by atoms with Crippen LogP contribution in [0.2, 0.25) is 0 Å². The third kappa shape index (κ3) is 6.36. The highest BCUT2D eigenvalue weighted by Gasteiger charge is 2.27. The van der Waals surface area contributed by atoms with Crippen molar-refractivity contribution >= 4 is 23.5 Å². The molecule has 9 nitrogen and oxygen atoms in total. The first-order valence-electron chi connectivity index (χ1n) is 8.94. The monoisotopic (exact) mass is 417 g/mol. The lowest BCUT2D eigenvalue weighted by molar-refractivity contribution is -0.384. The number of nitro groups is 1. The summed E-state index contributed by atoms with van der Waals surface area (Å²) in [6.07, 6.45) is -0.298. The molecule has 0 spiro atoms. The van der Waals surface area contributed by atoms with Crippen molar-refractivity contribution in [3.8, 4) is 0 Å². The van der Waals surface area contributed by atoms with E-state index < -0.39 is 40.6 Å². The summed E-state index contributed by atoms with van der Waals surface area (Å²) in [5.74, 6) is -3.20. The summed E-state index contributed by atoms with van der Waals surface area (Å²) in [4.78, 5) is 45.9. The molecule has 0 aliphatic carbocycles. The summed E-state index contributed by atoms with van der Waals surface area (Å²) in [5.41, 5.74) is 0.498. The van der Waals surface area contributed by atoms with Gasteiger partial charge in [0, 0.05) is 31.9 Å². The summed E-state index contributed by atoms with van der Waals surface area (Å²) in [7, 11) is 0. The highest BCUT2D eigenvalue weighted by Crippen LogP contribution is 2.14. The van der Waals surface area contributed by atoms with Crippen LogP contribution in [0.5, 0.6) is 0 Å². The first-order chi connectivity index (χ1) is 14.2. The minimum absolute atomic E-state index is 0.133. The molecule has 0 aromatic heterocycles. The second kappa shape index (κ2) is 10.1. The molecule has 0 bridgehead atoms. The number of nitrogens with zero attached hydrogens (tertiary/aromatic N) is 1. The lowest BCUT2D eigenvalue weighted by atomic mass is 10.0. The molecule has 0 aliphatic rings. The van der Waals surface area contributed by atoms with Crippen LogP contribution >= 0.6 is 0 Å². The van der Waals surface area contributed by atoms with Crippen LogP contribution in [0.25, 0.3) is 0 Å². The van der Waals surface area contributed by atoms with E-state index in [4.69, 9.17) is 0 Å². The molecule has 0 saturated heterocycles. The van der Waals surface area contributed by atoms with Crippen molar-refractivity contribution in [1.29, 1.82) is 0 Å². The van der Waals surface area contributed by atoms with Gasteiger partial charge in [-0.3, -0.25) is 19.7 Å². The van der Waals surface area contributed by atoms with Gasteiger partial charge in [-0.15, -0.1) is 0 Å². The van der Waals surface area contributed by atoms with E-state index in [2.05, 4.69) is 10.6 Å². The highest BCUT2D eigenvalue weighted by atomic mass is 19.1. The molecule has 0 aliphatic heterocycles. The Morgan fingerprint density at radius 2 is 1.67 bits per heavy atom. The molecule has 158 valence electrons. The fraction of sp³-hybridized carbons (Fsp3) is 0.250. The number of carboxylic acid groups (broad SMARTS) is 1. The number of nitro benzene ring substituents is 1. The number of benzene rings is 2. The van der Waals surface area contributed by atoms with Gasteiger partial charge in [0.15, 0.2) is 0 Å². The number of aliphatic carboxylic acids is 1. The minimum atomic E-state index is -1.35. The number of nitrogens with one attached hydrogen (secondary N) is 2. The van der Waals surface area contributed by atoms with E-state index in [1.54, 1.807) is 6.07 Å². The third-order valence-corrected chi connectivity index (χ3v) is 4.28.